The molecule has 1 rings (SSSR count). The first-order valence-electron chi connectivity index (χ1n) is 6.52. The van der Waals surface area contributed by atoms with Crippen LogP contribution in [0.2, 0.25) is 0 Å². The Morgan fingerprint density at radius 2 is 1.91 bits per heavy atom. The molecule has 0 unspecified atom stereocenters. The van der Waals surface area contributed by atoms with Crippen molar-refractivity contribution >= 4 is 18.7 Å². The van der Waals surface area contributed by atoms with Gasteiger partial charge in [0.15, 0.2) is 0 Å². The summed E-state index contributed by atoms with van der Waals surface area (Å²) in [6.07, 6.45) is -2.46. The number of aryl methyl sites for hydroxylation is 1. The van der Waals surface area contributed by atoms with Gasteiger partial charge in [-0.2, -0.15) is 25.8 Å². The summed E-state index contributed by atoms with van der Waals surface area (Å²) >= 11 is 3.94. The number of hydrogen-bond acceptors (Lipinski definition) is 4. The van der Waals surface area contributed by atoms with E-state index in [9.17, 15) is 18.0 Å². The third-order valence-corrected chi connectivity index (χ3v) is 2.21. The van der Waals surface area contributed by atoms with Crippen molar-refractivity contribution in [2.24, 2.45) is 0 Å². The van der Waals surface area contributed by atoms with E-state index in [0.717, 1.165) is 12.3 Å². The number of alkyl halides is 3. The third-order valence-electron chi connectivity index (χ3n) is 1.98. The second kappa shape index (κ2) is 8.87. The van der Waals surface area contributed by atoms with E-state index >= 15 is 0 Å². The van der Waals surface area contributed by atoms with Gasteiger partial charge in [0, 0.05) is 24.7 Å². The molecule has 126 valence electrons. The van der Waals surface area contributed by atoms with Crippen LogP contribution in [-0.2, 0) is 10.9 Å². The number of thiol groups is 1. The van der Waals surface area contributed by atoms with E-state index in [-0.39, 0.29) is 6.09 Å². The van der Waals surface area contributed by atoms with E-state index in [2.05, 4.69) is 22.9 Å². The molecule has 22 heavy (non-hydrogen) atoms. The molecule has 0 spiro atoms. The summed E-state index contributed by atoms with van der Waals surface area (Å²) in [5.74, 6) is 0.624. The van der Waals surface area contributed by atoms with Crippen molar-refractivity contribution in [3.63, 3.8) is 0 Å². The van der Waals surface area contributed by atoms with Crippen molar-refractivity contribution in [2.75, 3.05) is 12.3 Å². The van der Waals surface area contributed by atoms with Gasteiger partial charge in [-0.15, -0.1) is 0 Å². The van der Waals surface area contributed by atoms with E-state index < -0.39 is 17.3 Å². The van der Waals surface area contributed by atoms with Gasteiger partial charge >= 0.3 is 12.3 Å². The molecule has 0 saturated heterocycles. The summed E-state index contributed by atoms with van der Waals surface area (Å²) in [6, 6.07) is 1.06. The van der Waals surface area contributed by atoms with E-state index in [0.29, 0.717) is 17.9 Å². The summed E-state index contributed by atoms with van der Waals surface area (Å²) in [4.78, 5) is 14.3. The molecule has 0 fully saturated rings. The Morgan fingerprint density at radius 3 is 2.27 bits per heavy atom. The third kappa shape index (κ3) is 10.3. The Labute approximate surface area is 133 Å². The van der Waals surface area contributed by atoms with E-state index in [1.54, 1.807) is 6.92 Å². The number of halogens is 3. The van der Waals surface area contributed by atoms with Gasteiger partial charge in [-0.25, -0.2) is 4.79 Å². The Balaban J connectivity index is 0.000000401. The Morgan fingerprint density at radius 1 is 1.32 bits per heavy atom. The molecule has 0 aliphatic rings. The van der Waals surface area contributed by atoms with Crippen LogP contribution in [0.4, 0.5) is 18.0 Å². The Bertz CT molecular complexity index is 474. The smallest absolute Gasteiger partial charge is 0.417 e. The van der Waals surface area contributed by atoms with Crippen LogP contribution in [0.25, 0.3) is 0 Å². The Kier molecular flexibility index (Phi) is 8.29. The van der Waals surface area contributed by atoms with Crippen molar-refractivity contribution in [1.82, 2.24) is 10.3 Å². The number of carbonyl (C=O) groups is 1. The zero-order valence-corrected chi connectivity index (χ0v) is 13.9. The quantitative estimate of drug-likeness (QED) is 0.806. The number of rotatable bonds is 2. The fourth-order valence-electron chi connectivity index (χ4n) is 1.18. The maximum absolute atomic E-state index is 11.9. The highest BCUT2D eigenvalue weighted by Crippen LogP contribution is 2.28. The topological polar surface area (TPSA) is 51.2 Å². The molecule has 1 aromatic heterocycles. The number of alkyl carbamates (subject to hydrolysis) is 1. The number of carbonyl (C=O) groups excluding carboxylic acids is 1. The molecule has 8 heteroatoms. The van der Waals surface area contributed by atoms with Crippen LogP contribution in [-0.4, -0.2) is 29.0 Å². The second-order valence-electron chi connectivity index (χ2n) is 5.40. The van der Waals surface area contributed by atoms with E-state index in [1.165, 1.54) is 6.20 Å². The van der Waals surface area contributed by atoms with Gasteiger partial charge in [-0.3, -0.25) is 4.98 Å². The van der Waals surface area contributed by atoms with Crippen LogP contribution in [0.3, 0.4) is 0 Å². The average Bonchev–Trinajstić information content (AvgIpc) is 2.34. The minimum Gasteiger partial charge on any atom is -0.444 e. The van der Waals surface area contributed by atoms with Crippen molar-refractivity contribution in [3.8, 4) is 0 Å². The van der Waals surface area contributed by atoms with Crippen LogP contribution in [0, 0.1) is 6.92 Å². The summed E-state index contributed by atoms with van der Waals surface area (Å²) < 4.78 is 40.7. The molecule has 0 aliphatic carbocycles. The molecule has 0 bridgehead atoms. The molecule has 0 atom stereocenters. The Hall–Kier alpha value is -1.44. The van der Waals surface area contributed by atoms with Crippen LogP contribution < -0.4 is 5.32 Å². The first-order chi connectivity index (χ1) is 9.95. The summed E-state index contributed by atoms with van der Waals surface area (Å²) in [7, 11) is 0. The molecule has 0 radical (unpaired) electrons. The monoisotopic (exact) mass is 338 g/mol. The predicted octanol–water partition coefficient (Wildman–Crippen LogP) is 3.85. The number of nitrogens with zero attached hydrogens (tertiary/aromatic N) is 1. The minimum atomic E-state index is -4.28. The average molecular weight is 338 g/mol. The molecule has 0 aliphatic heterocycles. The number of hydrogen-bond donors (Lipinski definition) is 2. The highest BCUT2D eigenvalue weighted by Gasteiger charge is 2.30. The highest BCUT2D eigenvalue weighted by atomic mass is 32.1. The van der Waals surface area contributed by atoms with Crippen LogP contribution in [0.15, 0.2) is 18.5 Å². The maximum Gasteiger partial charge on any atom is 0.417 e. The number of aromatic nitrogens is 1. The summed E-state index contributed by atoms with van der Waals surface area (Å²) in [5, 5.41) is 2.55. The molecule has 0 aromatic carbocycles. The van der Waals surface area contributed by atoms with E-state index in [1.807, 2.05) is 20.8 Å². The summed E-state index contributed by atoms with van der Waals surface area (Å²) in [5.41, 5.74) is -0.599. The molecule has 4 nitrogen and oxygen atoms in total. The van der Waals surface area contributed by atoms with Gasteiger partial charge < -0.3 is 10.1 Å². The fraction of sp³-hybridized carbons (Fsp3) is 0.571. The first-order valence-corrected chi connectivity index (χ1v) is 7.15. The van der Waals surface area contributed by atoms with Crippen LogP contribution in [0.5, 0.6) is 0 Å². The van der Waals surface area contributed by atoms with Gasteiger partial charge in [-0.1, -0.05) is 0 Å². The van der Waals surface area contributed by atoms with Gasteiger partial charge in [0.05, 0.1) is 5.56 Å². The predicted molar refractivity (Wildman–Crippen MR) is 82.1 cm³/mol. The number of pyridine rings is 1. The van der Waals surface area contributed by atoms with Gasteiger partial charge in [0.25, 0.3) is 0 Å². The zero-order chi connectivity index (χ0) is 17.4. The van der Waals surface area contributed by atoms with Crippen LogP contribution >= 0.6 is 12.6 Å². The van der Waals surface area contributed by atoms with Crippen molar-refractivity contribution in [1.29, 1.82) is 0 Å². The lowest BCUT2D eigenvalue weighted by Gasteiger charge is -2.19. The second-order valence-corrected chi connectivity index (χ2v) is 5.85. The van der Waals surface area contributed by atoms with Gasteiger partial charge in [0.2, 0.25) is 0 Å². The lowest BCUT2D eigenvalue weighted by molar-refractivity contribution is -0.137. The number of amides is 1. The molecule has 1 N–H and O–H groups in total. The fourth-order valence-corrected chi connectivity index (χ4v) is 1.29. The summed E-state index contributed by atoms with van der Waals surface area (Å²) in [6.45, 7) is 7.59. The minimum absolute atomic E-state index is 0.383. The van der Waals surface area contributed by atoms with Crippen molar-refractivity contribution < 1.29 is 22.7 Å². The van der Waals surface area contributed by atoms with Gasteiger partial charge in [-0.05, 0) is 39.3 Å². The molecule has 1 heterocycles. The molecular formula is C14H21F3N2O2S. The van der Waals surface area contributed by atoms with Crippen LogP contribution in [0.1, 0.15) is 31.9 Å². The highest BCUT2D eigenvalue weighted by molar-refractivity contribution is 7.80. The lowest BCUT2D eigenvalue weighted by atomic mass is 10.2. The van der Waals surface area contributed by atoms with Crippen molar-refractivity contribution in [3.05, 3.63) is 29.6 Å². The number of nitrogens with one attached hydrogen (secondary N) is 1. The zero-order valence-electron chi connectivity index (χ0n) is 13.0. The molecule has 1 amide bonds. The lowest BCUT2D eigenvalue weighted by Crippen LogP contribution is -2.33. The largest absolute Gasteiger partial charge is 0.444 e. The normalized spacial score (nSPS) is 11.3. The molecule has 0 saturated carbocycles. The molecule has 1 aromatic rings. The van der Waals surface area contributed by atoms with E-state index in [4.69, 9.17) is 4.74 Å². The maximum atomic E-state index is 11.9. The van der Waals surface area contributed by atoms with Gasteiger partial charge in [0.1, 0.15) is 5.60 Å². The molecular weight excluding hydrogens is 317 g/mol. The standard InChI is InChI=1S/C7H6F3N.C7H15NO2S/c1-5-2-6(4-11-3-5)7(8,9)10;1-7(2,3)10-6(9)8-4-5-11/h2-4H,1H3;11H,4-5H2,1-3H3,(H,8,9). The SMILES string of the molecule is CC(C)(C)OC(=O)NCCS.Cc1cncc(C(F)(F)F)c1. The van der Waals surface area contributed by atoms with Crippen molar-refractivity contribution in [2.45, 2.75) is 39.5 Å². The first kappa shape index (κ1) is 20.6. The number of ether oxygens (including phenoxy) is 1.